The molecule has 0 atom stereocenters. The summed E-state index contributed by atoms with van der Waals surface area (Å²) in [6.45, 7) is 1.74. The molecule has 0 unspecified atom stereocenters. The molecule has 2 aromatic carbocycles. The molecule has 0 saturated carbocycles. The number of carbonyl (C=O) groups is 1. The van der Waals surface area contributed by atoms with Crippen LogP contribution in [-0.4, -0.2) is 15.9 Å². The van der Waals surface area contributed by atoms with Crippen LogP contribution in [0.25, 0.3) is 0 Å². The Morgan fingerprint density at radius 2 is 1.76 bits per heavy atom. The highest BCUT2D eigenvalue weighted by Crippen LogP contribution is 2.24. The fourth-order valence-corrected chi connectivity index (χ4v) is 2.95. The van der Waals surface area contributed by atoms with Gasteiger partial charge in [-0.15, -0.1) is 0 Å². The van der Waals surface area contributed by atoms with Gasteiger partial charge in [-0.05, 0) is 67.1 Å². The van der Waals surface area contributed by atoms with Crippen LogP contribution >= 0.6 is 0 Å². The van der Waals surface area contributed by atoms with Crippen LogP contribution in [0.15, 0.2) is 79.3 Å². The van der Waals surface area contributed by atoms with Gasteiger partial charge in [-0.1, -0.05) is 0 Å². The molecule has 33 heavy (non-hydrogen) atoms. The van der Waals surface area contributed by atoms with Gasteiger partial charge in [0.05, 0.1) is 17.4 Å². The zero-order valence-corrected chi connectivity index (χ0v) is 17.6. The van der Waals surface area contributed by atoms with Gasteiger partial charge in [0.2, 0.25) is 5.88 Å². The van der Waals surface area contributed by atoms with E-state index in [1.807, 2.05) is 6.92 Å². The minimum absolute atomic E-state index is 0.100. The van der Waals surface area contributed by atoms with Gasteiger partial charge in [0, 0.05) is 24.0 Å². The first-order valence-electron chi connectivity index (χ1n) is 10.0. The molecule has 0 fully saturated rings. The average molecular weight is 447 g/mol. The number of benzene rings is 2. The predicted molar refractivity (Wildman–Crippen MR) is 118 cm³/mol. The number of ether oxygens (including phenoxy) is 2. The highest BCUT2D eigenvalue weighted by Gasteiger charge is 2.10. The van der Waals surface area contributed by atoms with E-state index in [0.29, 0.717) is 28.6 Å². The van der Waals surface area contributed by atoms with Crippen molar-refractivity contribution in [2.45, 2.75) is 13.5 Å². The molecular formula is C25H19F2N3O3. The molecule has 0 radical (unpaired) electrons. The van der Waals surface area contributed by atoms with E-state index in [1.54, 1.807) is 48.7 Å². The van der Waals surface area contributed by atoms with E-state index >= 15 is 0 Å². The number of nitrogens with zero attached hydrogens (tertiary/aromatic N) is 2. The molecule has 1 amide bonds. The maximum atomic E-state index is 13.7. The molecule has 2 aromatic heterocycles. The van der Waals surface area contributed by atoms with Gasteiger partial charge < -0.3 is 14.8 Å². The lowest BCUT2D eigenvalue weighted by molar-refractivity contribution is 0.102. The van der Waals surface area contributed by atoms with E-state index in [1.165, 1.54) is 12.4 Å². The van der Waals surface area contributed by atoms with Crippen LogP contribution < -0.4 is 14.8 Å². The molecule has 8 heteroatoms. The van der Waals surface area contributed by atoms with Gasteiger partial charge >= 0.3 is 0 Å². The first kappa shape index (κ1) is 21.9. The first-order chi connectivity index (χ1) is 16.0. The molecule has 6 nitrogen and oxygen atoms in total. The number of carbonyl (C=O) groups excluding carboxylic acids is 1. The van der Waals surface area contributed by atoms with E-state index < -0.39 is 11.6 Å². The maximum Gasteiger partial charge on any atom is 0.257 e. The normalized spacial score (nSPS) is 10.5. The lowest BCUT2D eigenvalue weighted by Gasteiger charge is -2.10. The maximum absolute atomic E-state index is 13.7. The van der Waals surface area contributed by atoms with E-state index in [0.717, 1.165) is 23.8 Å². The average Bonchev–Trinajstić information content (AvgIpc) is 2.82. The number of anilines is 1. The van der Waals surface area contributed by atoms with Crippen molar-refractivity contribution in [1.82, 2.24) is 9.97 Å². The number of hydrogen-bond donors (Lipinski definition) is 1. The molecule has 4 aromatic rings. The van der Waals surface area contributed by atoms with Crippen LogP contribution in [-0.2, 0) is 6.61 Å². The number of nitrogens with one attached hydrogen (secondary N) is 1. The van der Waals surface area contributed by atoms with Crippen molar-refractivity contribution >= 4 is 11.6 Å². The third-order valence-electron chi connectivity index (χ3n) is 4.73. The summed E-state index contributed by atoms with van der Waals surface area (Å²) in [5, 5.41) is 2.77. The Labute approximate surface area is 188 Å². The quantitative estimate of drug-likeness (QED) is 0.394. The van der Waals surface area contributed by atoms with E-state index in [-0.39, 0.29) is 18.1 Å². The summed E-state index contributed by atoms with van der Waals surface area (Å²) in [5.74, 6) is -0.00947. The Bertz CT molecular complexity index is 1260. The molecule has 2 heterocycles. The summed E-state index contributed by atoms with van der Waals surface area (Å²) in [6, 6.07) is 14.9. The number of amides is 1. The largest absolute Gasteiger partial charge is 0.489 e. The summed E-state index contributed by atoms with van der Waals surface area (Å²) in [5.41, 5.74) is 1.96. The zero-order chi connectivity index (χ0) is 23.2. The lowest BCUT2D eigenvalue weighted by Crippen LogP contribution is -2.13. The SMILES string of the molecule is Cc1ccncc1C(=O)Nc1ccc(Oc2ccc(OCc3cc(F)ccc3F)cc2)nc1. The number of halogens is 2. The van der Waals surface area contributed by atoms with Crippen molar-refractivity contribution in [2.75, 3.05) is 5.32 Å². The van der Waals surface area contributed by atoms with Crippen LogP contribution in [0.4, 0.5) is 14.5 Å². The molecule has 1 N–H and O–H groups in total. The van der Waals surface area contributed by atoms with Crippen LogP contribution in [0.1, 0.15) is 21.5 Å². The van der Waals surface area contributed by atoms with Crippen molar-refractivity contribution in [1.29, 1.82) is 0 Å². The van der Waals surface area contributed by atoms with Crippen LogP contribution in [0.3, 0.4) is 0 Å². The number of pyridine rings is 2. The Morgan fingerprint density at radius 1 is 0.970 bits per heavy atom. The predicted octanol–water partition coefficient (Wildman–Crippen LogP) is 5.69. The van der Waals surface area contributed by atoms with Crippen molar-refractivity contribution in [2.24, 2.45) is 0 Å². The second kappa shape index (κ2) is 9.86. The molecule has 0 saturated heterocycles. The molecule has 0 aliphatic rings. The summed E-state index contributed by atoms with van der Waals surface area (Å²) >= 11 is 0. The van der Waals surface area contributed by atoms with Crippen molar-refractivity contribution < 1.29 is 23.0 Å². The molecule has 0 spiro atoms. The van der Waals surface area contributed by atoms with Crippen molar-refractivity contribution in [3.63, 3.8) is 0 Å². The number of rotatable bonds is 7. The van der Waals surface area contributed by atoms with E-state index in [2.05, 4.69) is 15.3 Å². The highest BCUT2D eigenvalue weighted by atomic mass is 19.1. The molecule has 0 aliphatic carbocycles. The first-order valence-corrected chi connectivity index (χ1v) is 10.0. The molecule has 0 bridgehead atoms. The van der Waals surface area contributed by atoms with Crippen LogP contribution in [0, 0.1) is 18.6 Å². The summed E-state index contributed by atoms with van der Waals surface area (Å²) in [4.78, 5) is 20.5. The third-order valence-corrected chi connectivity index (χ3v) is 4.73. The molecule has 4 rings (SSSR count). The summed E-state index contributed by atoms with van der Waals surface area (Å²) in [7, 11) is 0. The van der Waals surface area contributed by atoms with Crippen molar-refractivity contribution in [3.05, 3.63) is 108 Å². The monoisotopic (exact) mass is 447 g/mol. The summed E-state index contributed by atoms with van der Waals surface area (Å²) in [6.07, 6.45) is 4.63. The van der Waals surface area contributed by atoms with Gasteiger partial charge in [0.15, 0.2) is 0 Å². The van der Waals surface area contributed by atoms with E-state index in [4.69, 9.17) is 9.47 Å². The fraction of sp³-hybridized carbons (Fsp3) is 0.0800. The van der Waals surface area contributed by atoms with Gasteiger partial charge in [-0.2, -0.15) is 0 Å². The molecule has 166 valence electrons. The van der Waals surface area contributed by atoms with Crippen molar-refractivity contribution in [3.8, 4) is 17.4 Å². The third kappa shape index (κ3) is 5.68. The Kier molecular flexibility index (Phi) is 6.54. The summed E-state index contributed by atoms with van der Waals surface area (Å²) < 4.78 is 38.1. The highest BCUT2D eigenvalue weighted by molar-refractivity contribution is 6.04. The Hall–Kier alpha value is -4.33. The lowest BCUT2D eigenvalue weighted by atomic mass is 10.1. The topological polar surface area (TPSA) is 73.3 Å². The smallest absolute Gasteiger partial charge is 0.257 e. The van der Waals surface area contributed by atoms with Gasteiger partial charge in [-0.25, -0.2) is 13.8 Å². The van der Waals surface area contributed by atoms with Crippen LogP contribution in [0.5, 0.6) is 17.4 Å². The number of aryl methyl sites for hydroxylation is 1. The minimum Gasteiger partial charge on any atom is -0.489 e. The minimum atomic E-state index is -0.530. The second-order valence-corrected chi connectivity index (χ2v) is 7.13. The Balaban J connectivity index is 1.33. The Morgan fingerprint density at radius 3 is 2.48 bits per heavy atom. The second-order valence-electron chi connectivity index (χ2n) is 7.13. The molecular weight excluding hydrogens is 428 g/mol. The molecule has 0 aliphatic heterocycles. The zero-order valence-electron chi connectivity index (χ0n) is 17.6. The standard InChI is InChI=1S/C25H19F2N3O3/c1-16-10-11-28-14-22(16)25(31)30-19-3-9-24(29-13-19)33-21-6-4-20(5-7-21)32-15-17-12-18(26)2-8-23(17)27/h2-14H,15H2,1H3,(H,30,31). The number of hydrogen-bond acceptors (Lipinski definition) is 5. The number of aromatic nitrogens is 2. The van der Waals surface area contributed by atoms with Gasteiger partial charge in [-0.3, -0.25) is 9.78 Å². The fourth-order valence-electron chi connectivity index (χ4n) is 2.95. The van der Waals surface area contributed by atoms with Gasteiger partial charge in [0.1, 0.15) is 29.7 Å². The van der Waals surface area contributed by atoms with E-state index in [9.17, 15) is 13.6 Å². The van der Waals surface area contributed by atoms with Gasteiger partial charge in [0.25, 0.3) is 5.91 Å². The van der Waals surface area contributed by atoms with Crippen LogP contribution in [0.2, 0.25) is 0 Å².